The van der Waals surface area contributed by atoms with E-state index in [4.69, 9.17) is 9.47 Å². The van der Waals surface area contributed by atoms with Crippen LogP contribution in [-0.4, -0.2) is 45.7 Å². The molecule has 0 fully saturated rings. The van der Waals surface area contributed by atoms with Gasteiger partial charge >= 0.3 is 0 Å². The Balaban J connectivity index is 1.88. The highest BCUT2D eigenvalue weighted by Crippen LogP contribution is 2.18. The quantitative estimate of drug-likeness (QED) is 0.621. The van der Waals surface area contributed by atoms with E-state index in [1.54, 1.807) is 21.3 Å². The molecule has 2 aromatic carbocycles. The number of hydrogen-bond donors (Lipinski definition) is 1. The lowest BCUT2D eigenvalue weighted by Crippen LogP contribution is -2.39. The van der Waals surface area contributed by atoms with E-state index in [0.717, 1.165) is 42.5 Å². The van der Waals surface area contributed by atoms with Crippen molar-refractivity contribution in [3.8, 4) is 11.5 Å². The molecule has 25 heavy (non-hydrogen) atoms. The molecule has 0 heterocycles. The molecular formula is C20H27N3O2. The van der Waals surface area contributed by atoms with Crippen molar-refractivity contribution in [1.29, 1.82) is 0 Å². The minimum atomic E-state index is 0.728. The third kappa shape index (κ3) is 5.41. The van der Waals surface area contributed by atoms with Gasteiger partial charge in [0, 0.05) is 32.7 Å². The number of ether oxygens (including phenoxy) is 2. The van der Waals surface area contributed by atoms with Crippen molar-refractivity contribution in [3.63, 3.8) is 0 Å². The maximum absolute atomic E-state index is 5.42. The summed E-state index contributed by atoms with van der Waals surface area (Å²) in [6, 6.07) is 16.2. The maximum Gasteiger partial charge on any atom is 0.193 e. The highest BCUT2D eigenvalue weighted by atomic mass is 16.5. The number of hydrogen-bond acceptors (Lipinski definition) is 3. The summed E-state index contributed by atoms with van der Waals surface area (Å²) >= 11 is 0. The highest BCUT2D eigenvalue weighted by molar-refractivity contribution is 5.79. The number of benzene rings is 2. The molecule has 1 N–H and O–H groups in total. The maximum atomic E-state index is 5.42. The molecule has 0 amide bonds. The van der Waals surface area contributed by atoms with Crippen molar-refractivity contribution in [2.45, 2.75) is 13.0 Å². The average molecular weight is 341 g/mol. The molecule has 0 aliphatic rings. The van der Waals surface area contributed by atoms with Crippen LogP contribution in [0.15, 0.2) is 53.5 Å². The first kappa shape index (κ1) is 18.6. The topological polar surface area (TPSA) is 46.1 Å². The standard InChI is InChI=1S/C20H27N3O2/c1-21-20(22-14-13-16-9-11-18(24-3)12-10-16)23(2)15-17-7-5-6-8-19(17)25-4/h5-12H,13-15H2,1-4H3,(H,21,22). The Morgan fingerprint density at radius 1 is 1.04 bits per heavy atom. The third-order valence-corrected chi connectivity index (χ3v) is 4.03. The lowest BCUT2D eigenvalue weighted by Gasteiger charge is -2.23. The van der Waals surface area contributed by atoms with E-state index in [9.17, 15) is 0 Å². The number of nitrogens with zero attached hydrogens (tertiary/aromatic N) is 2. The van der Waals surface area contributed by atoms with Gasteiger partial charge in [-0.3, -0.25) is 4.99 Å². The molecule has 0 spiro atoms. The van der Waals surface area contributed by atoms with Crippen LogP contribution in [0.25, 0.3) is 0 Å². The van der Waals surface area contributed by atoms with Crippen molar-refractivity contribution in [1.82, 2.24) is 10.2 Å². The second kappa shape index (κ2) is 9.57. The smallest absolute Gasteiger partial charge is 0.193 e. The number of methoxy groups -OCH3 is 2. The van der Waals surface area contributed by atoms with Crippen LogP contribution in [0.5, 0.6) is 11.5 Å². The molecular weight excluding hydrogens is 314 g/mol. The van der Waals surface area contributed by atoms with E-state index in [1.807, 2.05) is 37.4 Å². The first-order chi connectivity index (χ1) is 12.2. The van der Waals surface area contributed by atoms with E-state index >= 15 is 0 Å². The summed E-state index contributed by atoms with van der Waals surface area (Å²) in [7, 11) is 7.20. The normalized spacial score (nSPS) is 11.1. The third-order valence-electron chi connectivity index (χ3n) is 4.03. The zero-order valence-corrected chi connectivity index (χ0v) is 15.5. The molecule has 0 aliphatic heterocycles. The summed E-state index contributed by atoms with van der Waals surface area (Å²) in [5.74, 6) is 2.63. The molecule has 5 nitrogen and oxygen atoms in total. The number of rotatable bonds is 7. The molecule has 0 aliphatic carbocycles. The molecule has 2 aromatic rings. The molecule has 0 saturated carbocycles. The van der Waals surface area contributed by atoms with E-state index in [0.29, 0.717) is 0 Å². The van der Waals surface area contributed by atoms with Crippen LogP contribution < -0.4 is 14.8 Å². The zero-order valence-electron chi connectivity index (χ0n) is 15.5. The fraction of sp³-hybridized carbons (Fsp3) is 0.350. The number of aliphatic imine (C=N–C) groups is 1. The minimum Gasteiger partial charge on any atom is -0.497 e. The van der Waals surface area contributed by atoms with E-state index < -0.39 is 0 Å². The monoisotopic (exact) mass is 341 g/mol. The Kier molecular flexibility index (Phi) is 7.14. The van der Waals surface area contributed by atoms with Gasteiger partial charge in [0.15, 0.2) is 5.96 Å². The van der Waals surface area contributed by atoms with Crippen LogP contribution in [0.4, 0.5) is 0 Å². The minimum absolute atomic E-state index is 0.728. The van der Waals surface area contributed by atoms with Crippen molar-refractivity contribution < 1.29 is 9.47 Å². The number of nitrogens with one attached hydrogen (secondary N) is 1. The van der Waals surface area contributed by atoms with Crippen LogP contribution >= 0.6 is 0 Å². The SMILES string of the molecule is CN=C(NCCc1ccc(OC)cc1)N(C)Cc1ccccc1OC. The molecule has 0 radical (unpaired) electrons. The van der Waals surface area contributed by atoms with E-state index in [1.165, 1.54) is 5.56 Å². The summed E-state index contributed by atoms with van der Waals surface area (Å²) in [5, 5.41) is 3.41. The van der Waals surface area contributed by atoms with Crippen LogP contribution in [0.3, 0.4) is 0 Å². The Bertz CT molecular complexity index is 684. The molecule has 0 aromatic heterocycles. The summed E-state index contributed by atoms with van der Waals surface area (Å²) < 4.78 is 10.6. The lowest BCUT2D eigenvalue weighted by molar-refractivity contribution is 0.396. The van der Waals surface area contributed by atoms with Crippen molar-refractivity contribution >= 4 is 5.96 Å². The summed E-state index contributed by atoms with van der Waals surface area (Å²) in [4.78, 5) is 6.46. The molecule has 0 unspecified atom stereocenters. The molecule has 5 heteroatoms. The number of para-hydroxylation sites is 1. The predicted octanol–water partition coefficient (Wildman–Crippen LogP) is 2.95. The van der Waals surface area contributed by atoms with E-state index in [-0.39, 0.29) is 0 Å². The van der Waals surface area contributed by atoms with Gasteiger partial charge in [0.05, 0.1) is 14.2 Å². The first-order valence-corrected chi connectivity index (χ1v) is 8.34. The van der Waals surface area contributed by atoms with Crippen molar-refractivity contribution in [2.24, 2.45) is 4.99 Å². The highest BCUT2D eigenvalue weighted by Gasteiger charge is 2.09. The Morgan fingerprint density at radius 3 is 2.40 bits per heavy atom. The second-order valence-corrected chi connectivity index (χ2v) is 5.74. The van der Waals surface area contributed by atoms with E-state index in [2.05, 4.69) is 33.4 Å². The van der Waals surface area contributed by atoms with Gasteiger partial charge in [-0.1, -0.05) is 30.3 Å². The van der Waals surface area contributed by atoms with Gasteiger partial charge in [0.2, 0.25) is 0 Å². The van der Waals surface area contributed by atoms with Crippen LogP contribution in [-0.2, 0) is 13.0 Å². The number of guanidine groups is 1. The first-order valence-electron chi connectivity index (χ1n) is 8.34. The summed E-state index contributed by atoms with van der Waals surface area (Å²) in [6.07, 6.45) is 0.922. The molecule has 0 atom stereocenters. The van der Waals surface area contributed by atoms with Crippen LogP contribution in [0, 0.1) is 0 Å². The largest absolute Gasteiger partial charge is 0.497 e. The zero-order chi connectivity index (χ0) is 18.1. The fourth-order valence-electron chi connectivity index (χ4n) is 2.66. The Hall–Kier alpha value is -2.69. The van der Waals surface area contributed by atoms with Crippen molar-refractivity contribution in [3.05, 3.63) is 59.7 Å². The van der Waals surface area contributed by atoms with Crippen molar-refractivity contribution in [2.75, 3.05) is 34.9 Å². The summed E-state index contributed by atoms with van der Waals surface area (Å²) in [5.41, 5.74) is 2.39. The molecule has 2 rings (SSSR count). The van der Waals surface area contributed by atoms with Gasteiger partial charge in [0.25, 0.3) is 0 Å². The van der Waals surface area contributed by atoms with Gasteiger partial charge in [0.1, 0.15) is 11.5 Å². The second-order valence-electron chi connectivity index (χ2n) is 5.74. The fourth-order valence-corrected chi connectivity index (χ4v) is 2.66. The Labute approximate surface area is 150 Å². The lowest BCUT2D eigenvalue weighted by atomic mass is 10.1. The van der Waals surface area contributed by atoms with Gasteiger partial charge < -0.3 is 19.7 Å². The molecule has 134 valence electrons. The predicted molar refractivity (Wildman–Crippen MR) is 103 cm³/mol. The van der Waals surface area contributed by atoms with Gasteiger partial charge in [-0.15, -0.1) is 0 Å². The van der Waals surface area contributed by atoms with Gasteiger partial charge in [-0.05, 0) is 30.2 Å². The van der Waals surface area contributed by atoms with Crippen LogP contribution in [0.2, 0.25) is 0 Å². The van der Waals surface area contributed by atoms with Gasteiger partial charge in [-0.25, -0.2) is 0 Å². The van der Waals surface area contributed by atoms with Crippen LogP contribution in [0.1, 0.15) is 11.1 Å². The van der Waals surface area contributed by atoms with Gasteiger partial charge in [-0.2, -0.15) is 0 Å². The average Bonchev–Trinajstić information content (AvgIpc) is 2.66. The summed E-state index contributed by atoms with van der Waals surface area (Å²) in [6.45, 7) is 1.54. The molecule has 0 saturated heterocycles. The Morgan fingerprint density at radius 2 is 1.76 bits per heavy atom. The molecule has 0 bridgehead atoms.